The Bertz CT molecular complexity index is 883. The number of carbonyl (C=O) groups excluding carboxylic acids is 2. The molecule has 152 valence electrons. The molecule has 0 saturated carbocycles. The molecule has 0 aromatic heterocycles. The molecule has 5 heteroatoms. The minimum Gasteiger partial charge on any atom is -0.383 e. The average Bonchev–Trinajstić information content (AvgIpc) is 3.19. The molecule has 0 bridgehead atoms. The first-order valence-corrected chi connectivity index (χ1v) is 10.4. The standard InChI is InChI=1S/C24H28N2O3/c1-29-18-17-25-15-7-13-24(23(25)28)14-8-16-26(24)22(27)21-12-6-5-11-20(21)19-9-3-2-4-10-19/h2-6,9-12H,7-8,13-18H2,1H3. The summed E-state index contributed by atoms with van der Waals surface area (Å²) < 4.78 is 5.18. The molecule has 5 nitrogen and oxygen atoms in total. The molecule has 0 N–H and O–H groups in total. The van der Waals surface area contributed by atoms with Gasteiger partial charge in [0.1, 0.15) is 5.54 Å². The van der Waals surface area contributed by atoms with Gasteiger partial charge in [0.15, 0.2) is 0 Å². The summed E-state index contributed by atoms with van der Waals surface area (Å²) in [6.45, 7) is 2.48. The molecule has 4 rings (SSSR count). The molecular weight excluding hydrogens is 364 g/mol. The highest BCUT2D eigenvalue weighted by Gasteiger charge is 2.52. The molecular formula is C24H28N2O3. The van der Waals surface area contributed by atoms with E-state index in [-0.39, 0.29) is 11.8 Å². The topological polar surface area (TPSA) is 49.9 Å². The third-order valence-corrected chi connectivity index (χ3v) is 6.25. The van der Waals surface area contributed by atoms with Gasteiger partial charge in [0, 0.05) is 32.3 Å². The van der Waals surface area contributed by atoms with Crippen LogP contribution < -0.4 is 0 Å². The highest BCUT2D eigenvalue weighted by molar-refractivity contribution is 6.04. The Balaban J connectivity index is 1.67. The molecule has 2 saturated heterocycles. The Labute approximate surface area is 172 Å². The first-order chi connectivity index (χ1) is 14.2. The zero-order chi connectivity index (χ0) is 20.3. The van der Waals surface area contributed by atoms with E-state index in [4.69, 9.17) is 4.74 Å². The Hall–Kier alpha value is -2.66. The van der Waals surface area contributed by atoms with Crippen molar-refractivity contribution in [1.29, 1.82) is 0 Å². The Morgan fingerprint density at radius 1 is 1.00 bits per heavy atom. The summed E-state index contributed by atoms with van der Waals surface area (Å²) >= 11 is 0. The van der Waals surface area contributed by atoms with E-state index in [9.17, 15) is 9.59 Å². The Morgan fingerprint density at radius 3 is 2.45 bits per heavy atom. The number of hydrogen-bond acceptors (Lipinski definition) is 3. The Morgan fingerprint density at radius 2 is 1.69 bits per heavy atom. The molecule has 2 heterocycles. The van der Waals surface area contributed by atoms with Gasteiger partial charge in [0.25, 0.3) is 5.91 Å². The molecule has 1 atom stereocenters. The van der Waals surface area contributed by atoms with Gasteiger partial charge < -0.3 is 14.5 Å². The quantitative estimate of drug-likeness (QED) is 0.781. The zero-order valence-corrected chi connectivity index (χ0v) is 17.0. The van der Waals surface area contributed by atoms with Crippen molar-refractivity contribution in [3.05, 3.63) is 60.2 Å². The van der Waals surface area contributed by atoms with Crippen LogP contribution in [-0.4, -0.2) is 60.5 Å². The van der Waals surface area contributed by atoms with E-state index >= 15 is 0 Å². The molecule has 2 fully saturated rings. The van der Waals surface area contributed by atoms with Gasteiger partial charge in [-0.05, 0) is 42.9 Å². The lowest BCUT2D eigenvalue weighted by Gasteiger charge is -2.44. The fraction of sp³-hybridized carbons (Fsp3) is 0.417. The maximum atomic E-state index is 13.7. The number of ether oxygens (including phenoxy) is 1. The Kier molecular flexibility index (Phi) is 5.67. The summed E-state index contributed by atoms with van der Waals surface area (Å²) in [6, 6.07) is 17.7. The van der Waals surface area contributed by atoms with E-state index in [0.29, 0.717) is 25.3 Å². The van der Waals surface area contributed by atoms with Gasteiger partial charge in [-0.1, -0.05) is 48.5 Å². The van der Waals surface area contributed by atoms with Crippen LogP contribution in [0.2, 0.25) is 0 Å². The number of carbonyl (C=O) groups is 2. The van der Waals surface area contributed by atoms with Crippen LogP contribution in [0.5, 0.6) is 0 Å². The first kappa shape index (κ1) is 19.6. The van der Waals surface area contributed by atoms with Crippen molar-refractivity contribution in [3.63, 3.8) is 0 Å². The van der Waals surface area contributed by atoms with Gasteiger partial charge in [-0.2, -0.15) is 0 Å². The number of amides is 2. The zero-order valence-electron chi connectivity index (χ0n) is 17.0. The molecule has 2 aliphatic rings. The van der Waals surface area contributed by atoms with E-state index in [0.717, 1.165) is 43.4 Å². The van der Waals surface area contributed by atoms with Gasteiger partial charge in [-0.15, -0.1) is 0 Å². The van der Waals surface area contributed by atoms with Crippen molar-refractivity contribution < 1.29 is 14.3 Å². The third kappa shape index (κ3) is 3.55. The largest absolute Gasteiger partial charge is 0.383 e. The molecule has 1 spiro atoms. The molecule has 29 heavy (non-hydrogen) atoms. The van der Waals surface area contributed by atoms with Crippen LogP contribution in [0.25, 0.3) is 11.1 Å². The maximum Gasteiger partial charge on any atom is 0.255 e. The van der Waals surface area contributed by atoms with Crippen LogP contribution in [-0.2, 0) is 9.53 Å². The van der Waals surface area contributed by atoms with Gasteiger partial charge in [0.05, 0.1) is 6.61 Å². The van der Waals surface area contributed by atoms with Crippen LogP contribution in [0.1, 0.15) is 36.0 Å². The number of benzene rings is 2. The van der Waals surface area contributed by atoms with Crippen LogP contribution in [0.4, 0.5) is 0 Å². The predicted octanol–water partition coefficient (Wildman–Crippen LogP) is 3.60. The number of rotatable bonds is 5. The smallest absolute Gasteiger partial charge is 0.255 e. The number of likely N-dealkylation sites (tertiary alicyclic amines) is 2. The summed E-state index contributed by atoms with van der Waals surface area (Å²) in [6.07, 6.45) is 3.27. The van der Waals surface area contributed by atoms with Crippen LogP contribution in [0.15, 0.2) is 54.6 Å². The summed E-state index contributed by atoms with van der Waals surface area (Å²) in [4.78, 5) is 30.9. The SMILES string of the molecule is COCCN1CCCC2(CCCN2C(=O)c2ccccc2-c2ccccc2)C1=O. The van der Waals surface area contributed by atoms with Crippen LogP contribution in [0, 0.1) is 0 Å². The van der Waals surface area contributed by atoms with E-state index in [1.807, 2.05) is 64.4 Å². The molecule has 2 aliphatic heterocycles. The normalized spacial score (nSPS) is 21.8. The summed E-state index contributed by atoms with van der Waals surface area (Å²) in [5.41, 5.74) is 1.90. The highest BCUT2D eigenvalue weighted by atomic mass is 16.5. The summed E-state index contributed by atoms with van der Waals surface area (Å²) in [5, 5.41) is 0. The van der Waals surface area contributed by atoms with E-state index in [2.05, 4.69) is 0 Å². The van der Waals surface area contributed by atoms with Crippen LogP contribution in [0.3, 0.4) is 0 Å². The van der Waals surface area contributed by atoms with Crippen molar-refractivity contribution in [2.75, 3.05) is 33.4 Å². The number of hydrogen-bond donors (Lipinski definition) is 0. The summed E-state index contributed by atoms with van der Waals surface area (Å²) in [5.74, 6) is 0.0488. The minimum absolute atomic E-state index is 0.0381. The van der Waals surface area contributed by atoms with E-state index in [1.54, 1.807) is 7.11 Å². The van der Waals surface area contributed by atoms with Crippen molar-refractivity contribution in [1.82, 2.24) is 9.80 Å². The molecule has 2 aromatic carbocycles. The number of nitrogens with zero attached hydrogens (tertiary/aromatic N) is 2. The number of methoxy groups -OCH3 is 1. The average molecular weight is 392 g/mol. The van der Waals surface area contributed by atoms with Gasteiger partial charge in [0.2, 0.25) is 5.91 Å². The molecule has 0 radical (unpaired) electrons. The lowest BCUT2D eigenvalue weighted by Crippen LogP contribution is -2.61. The van der Waals surface area contributed by atoms with Crippen LogP contribution >= 0.6 is 0 Å². The summed E-state index contributed by atoms with van der Waals surface area (Å²) in [7, 11) is 1.65. The predicted molar refractivity (Wildman–Crippen MR) is 113 cm³/mol. The van der Waals surface area contributed by atoms with Gasteiger partial charge in [-0.25, -0.2) is 0 Å². The lowest BCUT2D eigenvalue weighted by molar-refractivity contribution is -0.146. The molecule has 0 aliphatic carbocycles. The second-order valence-corrected chi connectivity index (χ2v) is 7.89. The first-order valence-electron chi connectivity index (χ1n) is 10.4. The van der Waals surface area contributed by atoms with E-state index < -0.39 is 5.54 Å². The van der Waals surface area contributed by atoms with Crippen molar-refractivity contribution in [2.24, 2.45) is 0 Å². The number of piperidine rings is 1. The molecule has 2 aromatic rings. The van der Waals surface area contributed by atoms with Gasteiger partial charge >= 0.3 is 0 Å². The fourth-order valence-electron chi connectivity index (χ4n) is 4.82. The highest BCUT2D eigenvalue weighted by Crippen LogP contribution is 2.40. The van der Waals surface area contributed by atoms with E-state index in [1.165, 1.54) is 0 Å². The minimum atomic E-state index is -0.702. The second kappa shape index (κ2) is 8.37. The third-order valence-electron chi connectivity index (χ3n) is 6.25. The van der Waals surface area contributed by atoms with Gasteiger partial charge in [-0.3, -0.25) is 9.59 Å². The van der Waals surface area contributed by atoms with Crippen molar-refractivity contribution >= 4 is 11.8 Å². The molecule has 2 amide bonds. The maximum absolute atomic E-state index is 13.7. The lowest BCUT2D eigenvalue weighted by atomic mass is 9.84. The van der Waals surface area contributed by atoms with Crippen molar-refractivity contribution in [2.45, 2.75) is 31.2 Å². The van der Waals surface area contributed by atoms with Crippen molar-refractivity contribution in [3.8, 4) is 11.1 Å². The molecule has 1 unspecified atom stereocenters. The monoisotopic (exact) mass is 392 g/mol. The fourth-order valence-corrected chi connectivity index (χ4v) is 4.82. The second-order valence-electron chi connectivity index (χ2n) is 7.89.